The van der Waals surface area contributed by atoms with Crippen LogP contribution in [0.25, 0.3) is 5.69 Å². The number of aryl methyl sites for hydroxylation is 1. The van der Waals surface area contributed by atoms with Crippen molar-refractivity contribution in [3.05, 3.63) is 64.5 Å². The van der Waals surface area contributed by atoms with Crippen molar-refractivity contribution in [3.8, 4) is 17.2 Å². The van der Waals surface area contributed by atoms with Crippen molar-refractivity contribution < 1.29 is 9.47 Å². The highest BCUT2D eigenvalue weighted by molar-refractivity contribution is 5.52. The van der Waals surface area contributed by atoms with Crippen molar-refractivity contribution in [2.24, 2.45) is 0 Å². The molecule has 0 fully saturated rings. The molecule has 2 aliphatic heterocycles. The summed E-state index contributed by atoms with van der Waals surface area (Å²) < 4.78 is 13.8. The van der Waals surface area contributed by atoms with Gasteiger partial charge in [-0.2, -0.15) is 0 Å². The smallest absolute Gasteiger partial charge is 0.163 e. The summed E-state index contributed by atoms with van der Waals surface area (Å²) >= 11 is 0. The van der Waals surface area contributed by atoms with Crippen LogP contribution in [0.15, 0.2) is 30.5 Å². The lowest BCUT2D eigenvalue weighted by Crippen LogP contribution is -2.32. The minimum Gasteiger partial charge on any atom is -0.486 e. The molecule has 0 bridgehead atoms. The number of ether oxygens (including phenoxy) is 2. The Morgan fingerprint density at radius 2 is 1.81 bits per heavy atom. The second kappa shape index (κ2) is 7.93. The lowest BCUT2D eigenvalue weighted by atomic mass is 9.95. The first-order chi connectivity index (χ1) is 15.3. The van der Waals surface area contributed by atoms with Crippen LogP contribution in [0, 0.1) is 13.8 Å². The SMILES string of the molecule is Cc1cc(CN2CCc3nc(C(C)(C)C)ncc3C2)c(C)n1-c1ccc2c(c1)OCCO2. The van der Waals surface area contributed by atoms with Crippen molar-refractivity contribution >= 4 is 0 Å². The van der Waals surface area contributed by atoms with Gasteiger partial charge in [0.2, 0.25) is 0 Å². The van der Waals surface area contributed by atoms with E-state index in [0.717, 1.165) is 49.1 Å². The standard InChI is InChI=1S/C26H32N4O2/c1-17-12-19(18(2)30(17)21-6-7-23-24(13-21)32-11-10-31-23)15-29-9-8-22-20(16-29)14-27-25(28-22)26(3,4)5/h6-7,12-14H,8-11,15-16H2,1-5H3. The first-order valence-corrected chi connectivity index (χ1v) is 11.4. The molecule has 0 spiro atoms. The average molecular weight is 433 g/mol. The van der Waals surface area contributed by atoms with E-state index < -0.39 is 0 Å². The lowest BCUT2D eigenvalue weighted by molar-refractivity contribution is 0.171. The number of nitrogens with zero attached hydrogens (tertiary/aromatic N) is 4. The monoisotopic (exact) mass is 432 g/mol. The number of rotatable bonds is 3. The average Bonchev–Trinajstić information content (AvgIpc) is 3.05. The molecule has 5 rings (SSSR count). The Hall–Kier alpha value is -2.86. The molecule has 0 saturated carbocycles. The van der Waals surface area contributed by atoms with Gasteiger partial charge in [0.15, 0.2) is 11.5 Å². The molecule has 6 heteroatoms. The molecule has 0 atom stereocenters. The summed E-state index contributed by atoms with van der Waals surface area (Å²) in [6.07, 6.45) is 3.01. The van der Waals surface area contributed by atoms with Crippen LogP contribution in [0.5, 0.6) is 11.5 Å². The first-order valence-electron chi connectivity index (χ1n) is 11.4. The fourth-order valence-electron chi connectivity index (χ4n) is 4.67. The Balaban J connectivity index is 1.36. The second-order valence-corrected chi connectivity index (χ2v) is 9.94. The predicted molar refractivity (Wildman–Crippen MR) is 125 cm³/mol. The van der Waals surface area contributed by atoms with E-state index in [0.29, 0.717) is 13.2 Å². The van der Waals surface area contributed by atoms with E-state index in [-0.39, 0.29) is 5.41 Å². The Morgan fingerprint density at radius 3 is 2.59 bits per heavy atom. The van der Waals surface area contributed by atoms with Gasteiger partial charge in [-0.3, -0.25) is 4.90 Å². The van der Waals surface area contributed by atoms with Crippen LogP contribution in [0.3, 0.4) is 0 Å². The zero-order valence-corrected chi connectivity index (χ0v) is 19.7. The summed E-state index contributed by atoms with van der Waals surface area (Å²) in [5.41, 5.74) is 7.41. The summed E-state index contributed by atoms with van der Waals surface area (Å²) in [5, 5.41) is 0. The summed E-state index contributed by atoms with van der Waals surface area (Å²) in [5.74, 6) is 2.59. The highest BCUT2D eigenvalue weighted by atomic mass is 16.6. The molecule has 1 aromatic carbocycles. The van der Waals surface area contributed by atoms with Crippen LogP contribution in [-0.4, -0.2) is 39.2 Å². The molecule has 0 radical (unpaired) electrons. The highest BCUT2D eigenvalue weighted by Gasteiger charge is 2.24. The molecule has 0 amide bonds. The molecule has 0 unspecified atom stereocenters. The Kier molecular flexibility index (Phi) is 5.20. The summed E-state index contributed by atoms with van der Waals surface area (Å²) in [6.45, 7) is 14.9. The van der Waals surface area contributed by atoms with Crippen LogP contribution >= 0.6 is 0 Å². The van der Waals surface area contributed by atoms with E-state index in [2.05, 4.69) is 67.3 Å². The van der Waals surface area contributed by atoms with Crippen molar-refractivity contribution in [1.29, 1.82) is 0 Å². The number of aromatic nitrogens is 3. The van der Waals surface area contributed by atoms with E-state index in [1.54, 1.807) is 0 Å². The van der Waals surface area contributed by atoms with Crippen molar-refractivity contribution in [2.45, 2.75) is 59.5 Å². The van der Waals surface area contributed by atoms with Gasteiger partial charge >= 0.3 is 0 Å². The molecule has 0 N–H and O–H groups in total. The topological polar surface area (TPSA) is 52.4 Å². The van der Waals surface area contributed by atoms with Crippen LogP contribution in [0.1, 0.15) is 54.8 Å². The van der Waals surface area contributed by atoms with Gasteiger partial charge in [0.1, 0.15) is 19.0 Å². The van der Waals surface area contributed by atoms with Gasteiger partial charge < -0.3 is 14.0 Å². The van der Waals surface area contributed by atoms with Gasteiger partial charge in [-0.1, -0.05) is 20.8 Å². The van der Waals surface area contributed by atoms with Gasteiger partial charge in [-0.05, 0) is 37.6 Å². The van der Waals surface area contributed by atoms with E-state index in [4.69, 9.17) is 14.5 Å². The van der Waals surface area contributed by atoms with Crippen molar-refractivity contribution in [3.63, 3.8) is 0 Å². The zero-order valence-electron chi connectivity index (χ0n) is 19.7. The molecule has 6 nitrogen and oxygen atoms in total. The Labute approximate surface area is 190 Å². The molecule has 0 aliphatic carbocycles. The van der Waals surface area contributed by atoms with E-state index in [1.807, 2.05) is 12.3 Å². The number of hydrogen-bond acceptors (Lipinski definition) is 5. The molecular formula is C26H32N4O2. The number of benzene rings is 1. The largest absolute Gasteiger partial charge is 0.486 e. The van der Waals surface area contributed by atoms with Gasteiger partial charge in [0, 0.05) is 72.1 Å². The van der Waals surface area contributed by atoms with Gasteiger partial charge in [-0.25, -0.2) is 9.97 Å². The molecule has 4 heterocycles. The molecule has 2 aliphatic rings. The summed E-state index contributed by atoms with van der Waals surface area (Å²) in [4.78, 5) is 12.0. The lowest BCUT2D eigenvalue weighted by Gasteiger charge is -2.29. The molecule has 2 aromatic heterocycles. The maximum atomic E-state index is 5.80. The molecule has 0 saturated heterocycles. The highest BCUT2D eigenvalue weighted by Crippen LogP contribution is 2.34. The van der Waals surface area contributed by atoms with Gasteiger partial charge in [0.05, 0.1) is 0 Å². The number of fused-ring (bicyclic) bond motifs is 2. The van der Waals surface area contributed by atoms with Crippen LogP contribution < -0.4 is 9.47 Å². The second-order valence-electron chi connectivity index (χ2n) is 9.94. The third-order valence-electron chi connectivity index (χ3n) is 6.40. The van der Waals surface area contributed by atoms with Crippen LogP contribution in [0.4, 0.5) is 0 Å². The molecule has 32 heavy (non-hydrogen) atoms. The fourth-order valence-corrected chi connectivity index (χ4v) is 4.67. The maximum absolute atomic E-state index is 5.80. The third kappa shape index (κ3) is 3.88. The van der Waals surface area contributed by atoms with Crippen molar-refractivity contribution in [1.82, 2.24) is 19.4 Å². The van der Waals surface area contributed by atoms with Crippen molar-refractivity contribution in [2.75, 3.05) is 19.8 Å². The van der Waals surface area contributed by atoms with Crippen LogP contribution in [0.2, 0.25) is 0 Å². The van der Waals surface area contributed by atoms with Gasteiger partial charge in [0.25, 0.3) is 0 Å². The molecular weight excluding hydrogens is 400 g/mol. The normalized spacial score (nSPS) is 16.2. The molecule has 3 aromatic rings. The predicted octanol–water partition coefficient (Wildman–Crippen LogP) is 4.51. The third-order valence-corrected chi connectivity index (χ3v) is 6.40. The quantitative estimate of drug-likeness (QED) is 0.609. The van der Waals surface area contributed by atoms with E-state index >= 15 is 0 Å². The molecule has 168 valence electrons. The van der Waals surface area contributed by atoms with E-state index in [9.17, 15) is 0 Å². The fraction of sp³-hybridized carbons (Fsp3) is 0.462. The minimum absolute atomic E-state index is 0.0163. The maximum Gasteiger partial charge on any atom is 0.163 e. The Morgan fingerprint density at radius 1 is 1.03 bits per heavy atom. The number of hydrogen-bond donors (Lipinski definition) is 0. The van der Waals surface area contributed by atoms with Gasteiger partial charge in [-0.15, -0.1) is 0 Å². The summed E-state index contributed by atoms with van der Waals surface area (Å²) in [6, 6.07) is 8.51. The Bertz CT molecular complexity index is 1160. The first kappa shape index (κ1) is 21.0. The minimum atomic E-state index is -0.0163. The zero-order chi connectivity index (χ0) is 22.5. The van der Waals surface area contributed by atoms with E-state index in [1.165, 1.54) is 28.2 Å². The summed E-state index contributed by atoms with van der Waals surface area (Å²) in [7, 11) is 0. The van der Waals surface area contributed by atoms with Crippen LogP contribution in [-0.2, 0) is 24.9 Å².